The Bertz CT molecular complexity index is 1080. The molecule has 2 aromatic rings. The van der Waals surface area contributed by atoms with E-state index in [1.54, 1.807) is 19.0 Å². The van der Waals surface area contributed by atoms with Crippen LogP contribution in [0.15, 0.2) is 36.7 Å². The molecule has 1 saturated carbocycles. The molecule has 2 amide bonds. The van der Waals surface area contributed by atoms with E-state index in [1.165, 1.54) is 36.7 Å². The van der Waals surface area contributed by atoms with Gasteiger partial charge in [0.1, 0.15) is 0 Å². The third kappa shape index (κ3) is 5.92. The minimum atomic E-state index is -4.43. The van der Waals surface area contributed by atoms with Crippen molar-refractivity contribution in [2.45, 2.75) is 43.8 Å². The summed E-state index contributed by atoms with van der Waals surface area (Å²) in [6.45, 7) is 0.101. The third-order valence-electron chi connectivity index (χ3n) is 6.67. The lowest BCUT2D eigenvalue weighted by molar-refractivity contribution is -0.194. The van der Waals surface area contributed by atoms with Crippen molar-refractivity contribution in [3.8, 4) is 0 Å². The monoisotopic (exact) mass is 514 g/mol. The highest BCUT2D eigenvalue weighted by Gasteiger charge is 2.67. The summed E-state index contributed by atoms with van der Waals surface area (Å²) in [7, 11) is 3.50. The number of likely N-dealkylation sites (N-methyl/N-ethyl adjacent to an activating group) is 1. The number of alkyl halides is 3. The lowest BCUT2D eigenvalue weighted by Gasteiger charge is -2.30. The number of carbonyl (C=O) groups is 2. The van der Waals surface area contributed by atoms with Crippen LogP contribution in [0.25, 0.3) is 0 Å². The number of carbonyl (C=O) groups excluding carboxylic acids is 2. The van der Waals surface area contributed by atoms with E-state index in [1.807, 2.05) is 0 Å². The normalized spacial score (nSPS) is 16.6. The van der Waals surface area contributed by atoms with Crippen LogP contribution in [-0.4, -0.2) is 54.6 Å². The molecule has 35 heavy (non-hydrogen) atoms. The van der Waals surface area contributed by atoms with E-state index in [0.29, 0.717) is 11.1 Å². The fourth-order valence-electron chi connectivity index (χ4n) is 4.31. The molecule has 1 aromatic heterocycles. The van der Waals surface area contributed by atoms with E-state index < -0.39 is 35.1 Å². The average Bonchev–Trinajstić information content (AvgIpc) is 3.60. The Morgan fingerprint density at radius 1 is 1.20 bits per heavy atom. The summed E-state index contributed by atoms with van der Waals surface area (Å²) in [5, 5.41) is 2.49. The van der Waals surface area contributed by atoms with E-state index in [0.717, 1.165) is 0 Å². The SMILES string of the molecule is CN(C)C(CNC(=O)CC(c1ccncc1)C1(C(F)(F)F)CC1)Cc1ccc(C(N)=O)c(F)c1Cl. The van der Waals surface area contributed by atoms with Gasteiger partial charge in [-0.25, -0.2) is 4.39 Å². The molecule has 1 aliphatic rings. The predicted octanol–water partition coefficient (Wildman–Crippen LogP) is 4.08. The fraction of sp³-hybridized carbons (Fsp3) is 0.458. The van der Waals surface area contributed by atoms with Gasteiger partial charge in [-0.2, -0.15) is 13.2 Å². The van der Waals surface area contributed by atoms with E-state index in [2.05, 4.69) is 10.3 Å². The number of aromatic nitrogens is 1. The molecule has 2 atom stereocenters. The van der Waals surface area contributed by atoms with Crippen LogP contribution in [0.2, 0.25) is 5.02 Å². The number of halogens is 5. The maximum atomic E-state index is 14.4. The van der Waals surface area contributed by atoms with Gasteiger partial charge in [-0.05, 0) is 62.7 Å². The topological polar surface area (TPSA) is 88.3 Å². The zero-order chi connectivity index (χ0) is 26.0. The van der Waals surface area contributed by atoms with Crippen LogP contribution >= 0.6 is 11.6 Å². The summed E-state index contributed by atoms with van der Waals surface area (Å²) in [6.07, 6.45) is -1.74. The molecule has 0 saturated heterocycles. The van der Waals surface area contributed by atoms with Gasteiger partial charge in [-0.3, -0.25) is 14.6 Å². The van der Waals surface area contributed by atoms with Crippen molar-refractivity contribution in [2.24, 2.45) is 11.1 Å². The standard InChI is InChI=1S/C24H27ClF4N4O2/c1-33(2)16(11-15-3-4-17(22(30)35)21(26)20(15)25)13-32-19(34)12-18(14-5-9-31-10-6-14)23(7-8-23)24(27,28)29/h3-6,9-10,16,18H,7-8,11-13H2,1-2H3,(H2,30,35)(H,32,34). The molecule has 1 aliphatic carbocycles. The van der Waals surface area contributed by atoms with Crippen LogP contribution in [0.3, 0.4) is 0 Å². The number of nitrogens with zero attached hydrogens (tertiary/aromatic N) is 2. The third-order valence-corrected chi connectivity index (χ3v) is 7.08. The number of hydrogen-bond donors (Lipinski definition) is 2. The zero-order valence-corrected chi connectivity index (χ0v) is 20.1. The van der Waals surface area contributed by atoms with Gasteiger partial charge in [0.05, 0.1) is 16.0 Å². The summed E-state index contributed by atoms with van der Waals surface area (Å²) in [5.74, 6) is -3.40. The van der Waals surface area contributed by atoms with Gasteiger partial charge in [0.25, 0.3) is 5.91 Å². The Morgan fingerprint density at radius 2 is 1.83 bits per heavy atom. The zero-order valence-electron chi connectivity index (χ0n) is 19.3. The molecule has 3 rings (SSSR count). The minimum absolute atomic E-state index is 0.0253. The van der Waals surface area contributed by atoms with E-state index in [-0.39, 0.29) is 48.9 Å². The van der Waals surface area contributed by atoms with E-state index >= 15 is 0 Å². The van der Waals surface area contributed by atoms with Gasteiger partial charge in [-0.1, -0.05) is 17.7 Å². The highest BCUT2D eigenvalue weighted by atomic mass is 35.5. The molecule has 11 heteroatoms. The van der Waals surface area contributed by atoms with Crippen molar-refractivity contribution < 1.29 is 27.2 Å². The van der Waals surface area contributed by atoms with Gasteiger partial charge < -0.3 is 16.0 Å². The molecule has 0 radical (unpaired) electrons. The summed E-state index contributed by atoms with van der Waals surface area (Å²) in [6, 6.07) is 5.42. The smallest absolute Gasteiger partial charge is 0.366 e. The molecule has 0 spiro atoms. The number of rotatable bonds is 10. The van der Waals surface area contributed by atoms with Crippen LogP contribution in [0.5, 0.6) is 0 Å². The molecule has 190 valence electrons. The second-order valence-electron chi connectivity index (χ2n) is 9.08. The maximum Gasteiger partial charge on any atom is 0.395 e. The summed E-state index contributed by atoms with van der Waals surface area (Å²) >= 11 is 6.09. The molecular formula is C24H27ClF4N4O2. The number of amides is 2. The largest absolute Gasteiger partial charge is 0.395 e. The number of benzene rings is 1. The first-order chi connectivity index (χ1) is 16.4. The number of hydrogen-bond acceptors (Lipinski definition) is 4. The minimum Gasteiger partial charge on any atom is -0.366 e. The van der Waals surface area contributed by atoms with E-state index in [4.69, 9.17) is 17.3 Å². The molecule has 3 N–H and O–H groups in total. The Morgan fingerprint density at radius 3 is 2.34 bits per heavy atom. The lowest BCUT2D eigenvalue weighted by atomic mass is 9.80. The molecule has 0 bridgehead atoms. The number of nitrogens with two attached hydrogens (primary N) is 1. The number of nitrogens with one attached hydrogen (secondary N) is 1. The van der Waals surface area contributed by atoms with Crippen molar-refractivity contribution in [1.29, 1.82) is 0 Å². The van der Waals surface area contributed by atoms with Crippen LogP contribution in [-0.2, 0) is 11.2 Å². The van der Waals surface area contributed by atoms with E-state index in [9.17, 15) is 27.2 Å². The van der Waals surface area contributed by atoms with Gasteiger partial charge in [0, 0.05) is 37.3 Å². The first-order valence-electron chi connectivity index (χ1n) is 11.0. The van der Waals surface area contributed by atoms with Gasteiger partial charge in [0.15, 0.2) is 5.82 Å². The first kappa shape index (κ1) is 26.9. The van der Waals surface area contributed by atoms with Crippen LogP contribution in [0.1, 0.15) is 46.7 Å². The van der Waals surface area contributed by atoms with Crippen LogP contribution < -0.4 is 11.1 Å². The molecule has 6 nitrogen and oxygen atoms in total. The van der Waals surface area contributed by atoms with Crippen molar-refractivity contribution in [3.63, 3.8) is 0 Å². The molecular weight excluding hydrogens is 488 g/mol. The molecule has 1 heterocycles. The van der Waals surface area contributed by atoms with Gasteiger partial charge in [-0.15, -0.1) is 0 Å². The lowest BCUT2D eigenvalue weighted by Crippen LogP contribution is -2.43. The molecule has 1 fully saturated rings. The highest BCUT2D eigenvalue weighted by Crippen LogP contribution is 2.66. The summed E-state index contributed by atoms with van der Waals surface area (Å²) in [5.41, 5.74) is 3.73. The number of pyridine rings is 1. The summed E-state index contributed by atoms with van der Waals surface area (Å²) < 4.78 is 56.0. The average molecular weight is 515 g/mol. The van der Waals surface area contributed by atoms with Crippen LogP contribution in [0, 0.1) is 11.2 Å². The Hall–Kier alpha value is -2.72. The second kappa shape index (κ2) is 10.5. The van der Waals surface area contributed by atoms with Crippen molar-refractivity contribution in [1.82, 2.24) is 15.2 Å². The van der Waals surface area contributed by atoms with Gasteiger partial charge in [0.2, 0.25) is 5.91 Å². The number of primary amides is 1. The van der Waals surface area contributed by atoms with Crippen molar-refractivity contribution in [2.75, 3.05) is 20.6 Å². The molecule has 0 aliphatic heterocycles. The first-order valence-corrected chi connectivity index (χ1v) is 11.4. The fourth-order valence-corrected chi connectivity index (χ4v) is 4.55. The van der Waals surface area contributed by atoms with Crippen molar-refractivity contribution in [3.05, 3.63) is 64.2 Å². The van der Waals surface area contributed by atoms with Crippen LogP contribution in [0.4, 0.5) is 17.6 Å². The molecule has 2 unspecified atom stereocenters. The highest BCUT2D eigenvalue weighted by molar-refractivity contribution is 6.32. The Labute approximate surface area is 205 Å². The second-order valence-corrected chi connectivity index (χ2v) is 9.46. The van der Waals surface area contributed by atoms with Crippen molar-refractivity contribution >= 4 is 23.4 Å². The summed E-state index contributed by atoms with van der Waals surface area (Å²) in [4.78, 5) is 29.8. The predicted molar refractivity (Wildman–Crippen MR) is 123 cm³/mol. The quantitative estimate of drug-likeness (QED) is 0.468. The Balaban J connectivity index is 1.71. The Kier molecular flexibility index (Phi) is 8.06. The van der Waals surface area contributed by atoms with Gasteiger partial charge >= 0.3 is 6.18 Å². The molecule has 1 aromatic carbocycles. The maximum absolute atomic E-state index is 14.4.